The Bertz CT molecular complexity index is 2290. The Morgan fingerprint density at radius 3 is 1.57 bits per heavy atom. The van der Waals surface area contributed by atoms with Crippen LogP contribution in [0.25, 0.3) is 20.2 Å². The number of nitrogens with zero attached hydrogens (tertiary/aromatic N) is 2. The van der Waals surface area contributed by atoms with Crippen LogP contribution in [-0.2, 0) is 0 Å². The molecule has 0 fully saturated rings. The van der Waals surface area contributed by atoms with Crippen LogP contribution in [0.5, 0.6) is 23.0 Å². The van der Waals surface area contributed by atoms with E-state index in [9.17, 15) is 0 Å². The van der Waals surface area contributed by atoms with E-state index < -0.39 is 0 Å². The van der Waals surface area contributed by atoms with Crippen LogP contribution >= 0.6 is 22.7 Å². The zero-order valence-corrected chi connectivity index (χ0v) is 26.2. The highest BCUT2D eigenvalue weighted by Gasteiger charge is 2.47. The topological polar surface area (TPSA) is 43.4 Å². The Kier molecular flexibility index (Phi) is 4.91. The number of fused-ring (bicyclic) bond motifs is 10. The summed E-state index contributed by atoms with van der Waals surface area (Å²) in [5.41, 5.74) is 9.46. The van der Waals surface area contributed by atoms with Crippen molar-refractivity contribution in [2.75, 3.05) is 23.4 Å². The predicted molar refractivity (Wildman–Crippen MR) is 188 cm³/mol. The quantitative estimate of drug-likeness (QED) is 0.180. The van der Waals surface area contributed by atoms with Crippen LogP contribution in [0.1, 0.15) is 5.56 Å². The first-order valence-corrected chi connectivity index (χ1v) is 16.9. The van der Waals surface area contributed by atoms with Crippen LogP contribution in [0, 0.1) is 6.92 Å². The van der Waals surface area contributed by atoms with Crippen molar-refractivity contribution in [2.24, 2.45) is 0 Å². The van der Waals surface area contributed by atoms with Gasteiger partial charge in [-0.15, -0.1) is 22.7 Å². The standard InChI is InChI=1S/C37H23BN2O4S2/c1-20-14-25-33-26(15-20)40(22-11-13-28-30(17-22)44-19-42-28)35-24-7-3-5-9-32(24)46-37(35)38(33)36-34(23-6-2-4-8-31(23)45-36)39(25)21-10-12-27-29(16-21)43-18-41-27/h2-17H,18-19H2,1H3. The number of hydrogen-bond donors (Lipinski definition) is 0. The molecule has 6 heterocycles. The van der Waals surface area contributed by atoms with Gasteiger partial charge in [0.15, 0.2) is 23.0 Å². The number of aryl methyl sites for hydroxylation is 1. The van der Waals surface area contributed by atoms with Crippen molar-refractivity contribution in [3.05, 3.63) is 103 Å². The average molecular weight is 635 g/mol. The minimum atomic E-state index is 0.0842. The Balaban J connectivity index is 1.27. The summed E-state index contributed by atoms with van der Waals surface area (Å²) in [7, 11) is 0. The number of benzene rings is 5. The predicted octanol–water partition coefficient (Wildman–Crippen LogP) is 7.96. The van der Waals surface area contributed by atoms with Crippen LogP contribution in [0.3, 0.4) is 0 Å². The fourth-order valence-electron chi connectivity index (χ4n) is 7.59. The first kappa shape index (κ1) is 25.1. The third-order valence-corrected chi connectivity index (χ3v) is 11.9. The van der Waals surface area contributed by atoms with Crippen LogP contribution in [0.15, 0.2) is 97.1 Å². The van der Waals surface area contributed by atoms with Gasteiger partial charge in [0.2, 0.25) is 13.6 Å². The number of anilines is 6. The van der Waals surface area contributed by atoms with Gasteiger partial charge in [-0.3, -0.25) is 0 Å². The molecule has 46 heavy (non-hydrogen) atoms. The highest BCUT2D eigenvalue weighted by Crippen LogP contribution is 2.52. The van der Waals surface area contributed by atoms with Crippen LogP contribution in [-0.4, -0.2) is 20.3 Å². The summed E-state index contributed by atoms with van der Waals surface area (Å²) in [4.78, 5) is 4.91. The SMILES string of the molecule is Cc1cc2c3c(c1)N(c1ccc4c(c1)OCO4)c1c(sc4ccccc14)B3c1sc3ccccc3c1N2c1ccc2c(c1)OCO2. The summed E-state index contributed by atoms with van der Waals surface area (Å²) >= 11 is 3.81. The van der Waals surface area contributed by atoms with Crippen molar-refractivity contribution in [1.29, 1.82) is 0 Å². The molecule has 0 saturated carbocycles. The first-order chi connectivity index (χ1) is 22.7. The van der Waals surface area contributed by atoms with E-state index in [4.69, 9.17) is 18.9 Å². The zero-order valence-electron chi connectivity index (χ0n) is 24.6. The monoisotopic (exact) mass is 634 g/mol. The molecule has 0 bridgehead atoms. The molecule has 0 spiro atoms. The van der Waals surface area contributed by atoms with Gasteiger partial charge in [0, 0.05) is 53.2 Å². The molecule has 0 aliphatic carbocycles. The highest BCUT2D eigenvalue weighted by atomic mass is 32.1. The molecule has 9 heteroatoms. The van der Waals surface area contributed by atoms with Crippen molar-refractivity contribution in [3.8, 4) is 23.0 Å². The third kappa shape index (κ3) is 3.26. The molecular weight excluding hydrogens is 611 g/mol. The maximum atomic E-state index is 5.89. The average Bonchev–Trinajstić information content (AvgIpc) is 3.88. The molecule has 11 rings (SSSR count). The normalized spacial score (nSPS) is 15.0. The van der Waals surface area contributed by atoms with E-state index >= 15 is 0 Å². The lowest BCUT2D eigenvalue weighted by Gasteiger charge is -2.42. The van der Waals surface area contributed by atoms with Crippen molar-refractivity contribution >= 4 is 98.7 Å². The van der Waals surface area contributed by atoms with Crippen molar-refractivity contribution in [2.45, 2.75) is 6.92 Å². The Morgan fingerprint density at radius 1 is 0.565 bits per heavy atom. The van der Waals surface area contributed by atoms with Gasteiger partial charge in [-0.05, 0) is 66.5 Å². The fraction of sp³-hybridized carbons (Fsp3) is 0.0811. The van der Waals surface area contributed by atoms with Crippen molar-refractivity contribution in [3.63, 3.8) is 0 Å². The van der Waals surface area contributed by atoms with Gasteiger partial charge >= 0.3 is 0 Å². The summed E-state index contributed by atoms with van der Waals surface area (Å²) in [6.45, 7) is 2.77. The van der Waals surface area contributed by atoms with E-state index in [1.54, 1.807) is 0 Å². The number of ether oxygens (including phenoxy) is 4. The molecule has 0 atom stereocenters. The summed E-state index contributed by atoms with van der Waals surface area (Å²) < 4.78 is 28.5. The van der Waals surface area contributed by atoms with E-state index in [1.807, 2.05) is 34.8 Å². The summed E-state index contributed by atoms with van der Waals surface area (Å²) in [6, 6.07) is 34.9. The fourth-order valence-corrected chi connectivity index (χ4v) is 10.3. The molecule has 0 radical (unpaired) electrons. The molecule has 220 valence electrons. The van der Waals surface area contributed by atoms with Gasteiger partial charge < -0.3 is 28.7 Å². The minimum Gasteiger partial charge on any atom is -0.454 e. The molecule has 4 aliphatic rings. The molecule has 4 aliphatic heterocycles. The maximum absolute atomic E-state index is 5.89. The lowest BCUT2D eigenvalue weighted by Crippen LogP contribution is -2.59. The number of hydrogen-bond acceptors (Lipinski definition) is 8. The number of thiophene rings is 2. The van der Waals surface area contributed by atoms with Gasteiger partial charge in [-0.2, -0.15) is 0 Å². The van der Waals surface area contributed by atoms with Crippen LogP contribution < -0.4 is 43.8 Å². The molecule has 6 nitrogen and oxygen atoms in total. The Labute approximate surface area is 272 Å². The van der Waals surface area contributed by atoms with Crippen molar-refractivity contribution < 1.29 is 18.9 Å². The summed E-state index contributed by atoms with van der Waals surface area (Å²) in [6.07, 6.45) is 0. The van der Waals surface area contributed by atoms with Gasteiger partial charge in [-0.25, -0.2) is 0 Å². The van der Waals surface area contributed by atoms with E-state index in [0.717, 1.165) is 34.4 Å². The lowest BCUT2D eigenvalue weighted by molar-refractivity contribution is 0.173. The van der Waals surface area contributed by atoms with Crippen LogP contribution in [0.2, 0.25) is 0 Å². The molecule has 0 N–H and O–H groups in total. The van der Waals surface area contributed by atoms with Crippen molar-refractivity contribution in [1.82, 2.24) is 0 Å². The maximum Gasteiger partial charge on any atom is 0.277 e. The lowest BCUT2D eigenvalue weighted by atomic mass is 9.39. The van der Waals surface area contributed by atoms with E-state index in [2.05, 4.69) is 102 Å². The Morgan fingerprint density at radius 2 is 1.04 bits per heavy atom. The van der Waals surface area contributed by atoms with E-state index in [1.165, 1.54) is 63.5 Å². The molecule has 0 unspecified atom stereocenters. The zero-order chi connectivity index (χ0) is 30.1. The van der Waals surface area contributed by atoms with E-state index in [0.29, 0.717) is 0 Å². The Hall–Kier alpha value is -5.12. The van der Waals surface area contributed by atoms with Gasteiger partial charge in [0.1, 0.15) is 0 Å². The minimum absolute atomic E-state index is 0.0842. The molecular formula is C37H23BN2O4S2. The molecule has 7 aromatic rings. The molecule has 5 aromatic carbocycles. The summed E-state index contributed by atoms with van der Waals surface area (Å²) in [5.74, 6) is 3.11. The second-order valence-corrected chi connectivity index (χ2v) is 14.2. The smallest absolute Gasteiger partial charge is 0.277 e. The van der Waals surface area contributed by atoms with Gasteiger partial charge in [0.05, 0.1) is 22.7 Å². The van der Waals surface area contributed by atoms with Crippen LogP contribution in [0.4, 0.5) is 34.1 Å². The number of rotatable bonds is 2. The molecule has 0 amide bonds. The first-order valence-electron chi connectivity index (χ1n) is 15.3. The van der Waals surface area contributed by atoms with Gasteiger partial charge in [0.25, 0.3) is 6.71 Å². The highest BCUT2D eigenvalue weighted by molar-refractivity contribution is 7.40. The summed E-state index contributed by atoms with van der Waals surface area (Å²) in [5, 5.41) is 2.52. The second-order valence-electron chi connectivity index (χ2n) is 12.0. The third-order valence-electron chi connectivity index (χ3n) is 9.44. The molecule has 0 saturated heterocycles. The molecule has 2 aromatic heterocycles. The second kappa shape index (κ2) is 8.99. The largest absolute Gasteiger partial charge is 0.454 e. The van der Waals surface area contributed by atoms with E-state index in [-0.39, 0.29) is 20.3 Å². The van der Waals surface area contributed by atoms with Gasteiger partial charge in [-0.1, -0.05) is 36.4 Å².